The Labute approximate surface area is 109 Å². The molecule has 0 atom stereocenters. The van der Waals surface area contributed by atoms with Gasteiger partial charge in [0.05, 0.1) is 12.8 Å². The number of carbonyl (C=O) groups is 1. The summed E-state index contributed by atoms with van der Waals surface area (Å²) < 4.78 is 25.0. The second kappa shape index (κ2) is 4.51. The first-order valence-corrected chi connectivity index (χ1v) is 7.79. The van der Waals surface area contributed by atoms with Crippen molar-refractivity contribution in [3.63, 3.8) is 0 Å². The van der Waals surface area contributed by atoms with Gasteiger partial charge in [0, 0.05) is 16.6 Å². The van der Waals surface area contributed by atoms with Crippen molar-refractivity contribution >= 4 is 31.7 Å². The van der Waals surface area contributed by atoms with E-state index in [-0.39, 0.29) is 12.3 Å². The third-order valence-corrected chi connectivity index (χ3v) is 4.53. The summed E-state index contributed by atoms with van der Waals surface area (Å²) in [7, 11) is -3.31. The van der Waals surface area contributed by atoms with Gasteiger partial charge in [-0.1, -0.05) is 22.0 Å². The zero-order chi connectivity index (χ0) is 12.6. The number of hydrogen-bond acceptors (Lipinski definition) is 3. The third-order valence-electron chi connectivity index (χ3n) is 2.79. The molecule has 4 nitrogen and oxygen atoms in total. The van der Waals surface area contributed by atoms with E-state index in [0.717, 1.165) is 16.3 Å². The van der Waals surface area contributed by atoms with E-state index in [2.05, 4.69) is 15.9 Å². The van der Waals surface area contributed by atoms with Gasteiger partial charge < -0.3 is 0 Å². The molecule has 0 spiro atoms. The van der Waals surface area contributed by atoms with E-state index in [1.165, 1.54) is 4.31 Å². The number of sulfonamides is 1. The minimum absolute atomic E-state index is 0.0672. The molecule has 2 rings (SSSR count). The topological polar surface area (TPSA) is 54.5 Å². The maximum absolute atomic E-state index is 12.0. The van der Waals surface area contributed by atoms with Crippen LogP contribution in [0.15, 0.2) is 22.7 Å². The molecule has 17 heavy (non-hydrogen) atoms. The number of halogens is 1. The number of benzene rings is 1. The predicted molar refractivity (Wildman–Crippen MR) is 68.6 cm³/mol. The van der Waals surface area contributed by atoms with E-state index in [9.17, 15) is 13.2 Å². The maximum atomic E-state index is 12.0. The summed E-state index contributed by atoms with van der Waals surface area (Å²) in [6.45, 7) is 0.293. The number of rotatable bonds is 1. The molecule has 0 aliphatic carbocycles. The van der Waals surface area contributed by atoms with Gasteiger partial charge in [-0.2, -0.15) is 4.31 Å². The van der Waals surface area contributed by atoms with Crippen LogP contribution in [0.3, 0.4) is 0 Å². The normalized spacial score (nSPS) is 17.6. The van der Waals surface area contributed by atoms with Crippen molar-refractivity contribution in [3.8, 4) is 0 Å². The maximum Gasteiger partial charge on any atom is 0.211 e. The Bertz CT molecular complexity index is 568. The van der Waals surface area contributed by atoms with Crippen molar-refractivity contribution in [2.24, 2.45) is 0 Å². The Balaban J connectivity index is 2.40. The van der Waals surface area contributed by atoms with Gasteiger partial charge in [0.2, 0.25) is 10.0 Å². The lowest BCUT2D eigenvalue weighted by atomic mass is 10.0. The summed E-state index contributed by atoms with van der Waals surface area (Å²) in [5, 5.41) is 0. The Morgan fingerprint density at radius 1 is 1.35 bits per heavy atom. The van der Waals surface area contributed by atoms with Crippen molar-refractivity contribution < 1.29 is 13.2 Å². The first-order chi connectivity index (χ1) is 7.88. The number of Topliss-reactive ketones (excluding diaryl/α,β-unsaturated/α-hetero) is 1. The fourth-order valence-corrected chi connectivity index (χ4v) is 3.01. The van der Waals surface area contributed by atoms with Crippen LogP contribution in [0, 0.1) is 0 Å². The van der Waals surface area contributed by atoms with E-state index in [4.69, 9.17) is 0 Å². The van der Waals surface area contributed by atoms with Crippen molar-refractivity contribution in [2.75, 3.05) is 19.3 Å². The average Bonchev–Trinajstić information content (AvgIpc) is 2.38. The number of fused-ring (bicyclic) bond motifs is 1. The van der Waals surface area contributed by atoms with Crippen LogP contribution >= 0.6 is 15.9 Å². The third kappa shape index (κ3) is 2.75. The second-order valence-corrected chi connectivity index (χ2v) is 6.97. The van der Waals surface area contributed by atoms with Crippen LogP contribution in [0.5, 0.6) is 0 Å². The number of nitrogens with zero attached hydrogens (tertiary/aromatic N) is 1. The zero-order valence-electron chi connectivity index (χ0n) is 9.31. The molecule has 0 aromatic heterocycles. The molecule has 92 valence electrons. The van der Waals surface area contributed by atoms with Gasteiger partial charge in [0.25, 0.3) is 0 Å². The minimum atomic E-state index is -3.31. The van der Waals surface area contributed by atoms with Crippen LogP contribution < -0.4 is 0 Å². The summed E-state index contributed by atoms with van der Waals surface area (Å²) in [4.78, 5) is 12.0. The molecule has 0 N–H and O–H groups in total. The Kier molecular flexibility index (Phi) is 3.38. The van der Waals surface area contributed by atoms with Gasteiger partial charge >= 0.3 is 0 Å². The predicted octanol–water partition coefficient (Wildman–Crippen LogP) is 1.45. The lowest BCUT2D eigenvalue weighted by Crippen LogP contribution is -2.34. The number of carbonyl (C=O) groups excluding carboxylic acids is 1. The van der Waals surface area contributed by atoms with Crippen molar-refractivity contribution in [3.05, 3.63) is 33.8 Å². The van der Waals surface area contributed by atoms with Gasteiger partial charge in [-0.15, -0.1) is 0 Å². The molecule has 0 amide bonds. The lowest BCUT2D eigenvalue weighted by Gasteiger charge is -2.15. The molecule has 0 saturated heterocycles. The molecule has 0 bridgehead atoms. The standard InChI is InChI=1S/C11H12BrNO3S/c1-17(15,16)13-5-4-8-2-3-9(12)6-10(8)11(14)7-13/h2-3,6H,4-5,7H2,1H3. The fraction of sp³-hybridized carbons (Fsp3) is 0.364. The van der Waals surface area contributed by atoms with Crippen LogP contribution in [0.25, 0.3) is 0 Å². The van der Waals surface area contributed by atoms with Gasteiger partial charge in [0.1, 0.15) is 0 Å². The Morgan fingerprint density at radius 3 is 2.71 bits per heavy atom. The highest BCUT2D eigenvalue weighted by molar-refractivity contribution is 9.10. The van der Waals surface area contributed by atoms with E-state index in [0.29, 0.717) is 18.5 Å². The van der Waals surface area contributed by atoms with Gasteiger partial charge in [-0.05, 0) is 24.1 Å². The van der Waals surface area contributed by atoms with Crippen molar-refractivity contribution in [1.29, 1.82) is 0 Å². The summed E-state index contributed by atoms with van der Waals surface area (Å²) in [5.41, 5.74) is 1.52. The second-order valence-electron chi connectivity index (χ2n) is 4.07. The Morgan fingerprint density at radius 2 is 2.06 bits per heavy atom. The quantitative estimate of drug-likeness (QED) is 0.787. The van der Waals surface area contributed by atoms with Crippen LogP contribution in [-0.2, 0) is 16.4 Å². The molecule has 0 unspecified atom stereocenters. The lowest BCUT2D eigenvalue weighted by molar-refractivity contribution is 0.0971. The SMILES string of the molecule is CS(=O)(=O)N1CCc2ccc(Br)cc2C(=O)C1. The van der Waals surface area contributed by atoms with Crippen LogP contribution in [0.1, 0.15) is 15.9 Å². The van der Waals surface area contributed by atoms with E-state index in [1.54, 1.807) is 6.07 Å². The Hall–Kier alpha value is -0.720. The first kappa shape index (κ1) is 12.7. The van der Waals surface area contributed by atoms with Gasteiger partial charge in [-0.3, -0.25) is 4.79 Å². The van der Waals surface area contributed by atoms with Crippen molar-refractivity contribution in [2.45, 2.75) is 6.42 Å². The molecule has 0 fully saturated rings. The summed E-state index contributed by atoms with van der Waals surface area (Å²) >= 11 is 3.31. The van der Waals surface area contributed by atoms with Crippen LogP contribution in [-0.4, -0.2) is 37.9 Å². The fourth-order valence-electron chi connectivity index (χ4n) is 1.88. The monoisotopic (exact) mass is 317 g/mol. The molecule has 1 aliphatic heterocycles. The highest BCUT2D eigenvalue weighted by Gasteiger charge is 2.25. The largest absolute Gasteiger partial charge is 0.293 e. The van der Waals surface area contributed by atoms with E-state index >= 15 is 0 Å². The molecule has 1 aromatic carbocycles. The van der Waals surface area contributed by atoms with Gasteiger partial charge in [0.15, 0.2) is 5.78 Å². The van der Waals surface area contributed by atoms with Gasteiger partial charge in [-0.25, -0.2) is 8.42 Å². The molecule has 1 aliphatic rings. The summed E-state index contributed by atoms with van der Waals surface area (Å²) in [6, 6.07) is 5.48. The molecule has 1 heterocycles. The summed E-state index contributed by atoms with van der Waals surface area (Å²) in [6.07, 6.45) is 1.70. The molecule has 0 saturated carbocycles. The minimum Gasteiger partial charge on any atom is -0.293 e. The average molecular weight is 318 g/mol. The van der Waals surface area contributed by atoms with E-state index < -0.39 is 10.0 Å². The van der Waals surface area contributed by atoms with Crippen molar-refractivity contribution in [1.82, 2.24) is 4.31 Å². The molecule has 0 radical (unpaired) electrons. The number of ketones is 1. The molecule has 6 heteroatoms. The highest BCUT2D eigenvalue weighted by Crippen LogP contribution is 2.21. The zero-order valence-corrected chi connectivity index (χ0v) is 11.7. The first-order valence-electron chi connectivity index (χ1n) is 5.14. The van der Waals surface area contributed by atoms with Crippen LogP contribution in [0.4, 0.5) is 0 Å². The molecular weight excluding hydrogens is 306 g/mol. The summed E-state index contributed by atoms with van der Waals surface area (Å²) in [5.74, 6) is -0.149. The molecular formula is C11H12BrNO3S. The smallest absolute Gasteiger partial charge is 0.211 e. The van der Waals surface area contributed by atoms with Crippen LogP contribution in [0.2, 0.25) is 0 Å². The van der Waals surface area contributed by atoms with E-state index in [1.807, 2.05) is 12.1 Å². The number of hydrogen-bond donors (Lipinski definition) is 0. The molecule has 1 aromatic rings. The highest BCUT2D eigenvalue weighted by atomic mass is 79.9.